The number of halogens is 2. The molecule has 1 aromatic rings. The van der Waals surface area contributed by atoms with Gasteiger partial charge in [-0.15, -0.1) is 0 Å². The van der Waals surface area contributed by atoms with Crippen LogP contribution in [0.2, 0.25) is 10.0 Å². The van der Waals surface area contributed by atoms with Crippen LogP contribution >= 0.6 is 23.2 Å². The molecule has 23 heavy (non-hydrogen) atoms. The average molecular weight is 380 g/mol. The number of hydrogen-bond acceptors (Lipinski definition) is 5. The van der Waals surface area contributed by atoms with E-state index in [-0.39, 0.29) is 28.1 Å². The number of rotatable bonds is 4. The number of sulfone groups is 1. The zero-order valence-corrected chi connectivity index (χ0v) is 14.6. The number of esters is 1. The van der Waals surface area contributed by atoms with Crippen molar-refractivity contribution in [3.8, 4) is 0 Å². The summed E-state index contributed by atoms with van der Waals surface area (Å²) in [5.74, 6) is -1.15. The number of carbonyl (C=O) groups is 2. The molecule has 6 nitrogen and oxygen atoms in total. The van der Waals surface area contributed by atoms with Crippen LogP contribution in [0.1, 0.15) is 16.8 Å². The summed E-state index contributed by atoms with van der Waals surface area (Å²) in [6.45, 7) is -0.466. The van der Waals surface area contributed by atoms with Crippen LogP contribution in [0.5, 0.6) is 0 Å². The van der Waals surface area contributed by atoms with Crippen LogP contribution in [-0.4, -0.2) is 56.4 Å². The van der Waals surface area contributed by atoms with Gasteiger partial charge in [-0.05, 0) is 24.6 Å². The van der Waals surface area contributed by atoms with E-state index in [4.69, 9.17) is 27.9 Å². The van der Waals surface area contributed by atoms with E-state index in [9.17, 15) is 18.0 Å². The molecule has 0 saturated carbocycles. The van der Waals surface area contributed by atoms with Crippen molar-refractivity contribution in [1.29, 1.82) is 0 Å². The van der Waals surface area contributed by atoms with Crippen molar-refractivity contribution < 1.29 is 22.7 Å². The molecule has 1 fully saturated rings. The minimum absolute atomic E-state index is 0.0595. The Labute approximate surface area is 144 Å². The van der Waals surface area contributed by atoms with Gasteiger partial charge in [-0.1, -0.05) is 23.2 Å². The highest BCUT2D eigenvalue weighted by Crippen LogP contribution is 2.23. The monoisotopic (exact) mass is 379 g/mol. The van der Waals surface area contributed by atoms with Gasteiger partial charge in [0.1, 0.15) is 0 Å². The molecule has 0 radical (unpaired) electrons. The van der Waals surface area contributed by atoms with E-state index < -0.39 is 28.3 Å². The average Bonchev–Trinajstić information content (AvgIpc) is 2.86. The van der Waals surface area contributed by atoms with Gasteiger partial charge in [0.05, 0.1) is 27.1 Å². The van der Waals surface area contributed by atoms with Crippen molar-refractivity contribution in [3.05, 3.63) is 33.8 Å². The molecule has 0 aromatic heterocycles. The molecular weight excluding hydrogens is 365 g/mol. The van der Waals surface area contributed by atoms with Crippen LogP contribution in [0.4, 0.5) is 0 Å². The van der Waals surface area contributed by atoms with Gasteiger partial charge in [-0.2, -0.15) is 0 Å². The topological polar surface area (TPSA) is 80.8 Å². The van der Waals surface area contributed by atoms with E-state index in [1.807, 2.05) is 0 Å². The molecule has 1 heterocycles. The van der Waals surface area contributed by atoms with Crippen molar-refractivity contribution in [1.82, 2.24) is 4.90 Å². The summed E-state index contributed by atoms with van der Waals surface area (Å²) in [4.78, 5) is 25.2. The van der Waals surface area contributed by atoms with Gasteiger partial charge < -0.3 is 9.64 Å². The van der Waals surface area contributed by atoms with E-state index >= 15 is 0 Å². The quantitative estimate of drug-likeness (QED) is 0.744. The number of benzene rings is 1. The first-order chi connectivity index (χ1) is 10.7. The highest BCUT2D eigenvalue weighted by atomic mass is 35.5. The van der Waals surface area contributed by atoms with Crippen LogP contribution in [0, 0.1) is 0 Å². The third-order valence-electron chi connectivity index (χ3n) is 3.63. The Hall–Kier alpha value is -1.31. The Kier molecular flexibility index (Phi) is 5.54. The maximum atomic E-state index is 12.0. The Bertz CT molecular complexity index is 735. The zero-order chi connectivity index (χ0) is 17.2. The predicted octanol–water partition coefficient (Wildman–Crippen LogP) is 1.80. The van der Waals surface area contributed by atoms with Crippen molar-refractivity contribution in [2.45, 2.75) is 12.5 Å². The summed E-state index contributed by atoms with van der Waals surface area (Å²) >= 11 is 11.6. The van der Waals surface area contributed by atoms with Crippen molar-refractivity contribution in [2.75, 3.05) is 25.2 Å². The summed E-state index contributed by atoms with van der Waals surface area (Å²) in [6, 6.07) is 3.87. The van der Waals surface area contributed by atoms with E-state index in [1.54, 1.807) is 0 Å². The highest BCUT2D eigenvalue weighted by molar-refractivity contribution is 7.91. The minimum Gasteiger partial charge on any atom is -0.452 e. The van der Waals surface area contributed by atoms with Crippen LogP contribution < -0.4 is 0 Å². The SMILES string of the molecule is CN(C(=O)COC(=O)c1ccc(Cl)c(Cl)c1)[C@H]1CCS(=O)(=O)C1. The molecule has 0 bridgehead atoms. The lowest BCUT2D eigenvalue weighted by Crippen LogP contribution is -2.40. The lowest BCUT2D eigenvalue weighted by Gasteiger charge is -2.23. The fourth-order valence-corrected chi connectivity index (χ4v) is 4.29. The number of carbonyl (C=O) groups excluding carboxylic acids is 2. The van der Waals surface area contributed by atoms with Gasteiger partial charge in [0, 0.05) is 13.1 Å². The molecule has 9 heteroatoms. The number of nitrogens with zero attached hydrogens (tertiary/aromatic N) is 1. The molecule has 1 atom stereocenters. The number of likely N-dealkylation sites (N-methyl/N-ethyl adjacent to an activating group) is 1. The zero-order valence-electron chi connectivity index (χ0n) is 12.3. The molecule has 1 aliphatic rings. The lowest BCUT2D eigenvalue weighted by molar-refractivity contribution is -0.134. The van der Waals surface area contributed by atoms with Gasteiger partial charge in [0.15, 0.2) is 16.4 Å². The number of amides is 1. The van der Waals surface area contributed by atoms with Crippen LogP contribution in [-0.2, 0) is 19.4 Å². The van der Waals surface area contributed by atoms with Crippen LogP contribution in [0.3, 0.4) is 0 Å². The first-order valence-corrected chi connectivity index (χ1v) is 9.35. The number of ether oxygens (including phenoxy) is 1. The Balaban J connectivity index is 1.91. The second-order valence-corrected chi connectivity index (χ2v) is 8.31. The predicted molar refractivity (Wildman–Crippen MR) is 86.6 cm³/mol. The normalized spacial score (nSPS) is 19.3. The lowest BCUT2D eigenvalue weighted by atomic mass is 10.2. The van der Waals surface area contributed by atoms with Gasteiger partial charge in [0.2, 0.25) is 0 Å². The first-order valence-electron chi connectivity index (χ1n) is 6.78. The standard InChI is InChI=1S/C14H15Cl2NO5S/c1-17(10-4-5-23(20,21)8-10)13(18)7-22-14(19)9-2-3-11(15)12(16)6-9/h2-3,6,10H,4-5,7-8H2,1H3/t10-/m0/s1. The molecule has 126 valence electrons. The molecule has 2 rings (SSSR count). The van der Waals surface area contributed by atoms with E-state index in [0.29, 0.717) is 11.4 Å². The fourth-order valence-electron chi connectivity index (χ4n) is 2.22. The largest absolute Gasteiger partial charge is 0.452 e. The van der Waals surface area contributed by atoms with Gasteiger partial charge in [-0.3, -0.25) is 4.79 Å². The smallest absolute Gasteiger partial charge is 0.338 e. The molecular formula is C14H15Cl2NO5S. The molecule has 0 N–H and O–H groups in total. The van der Waals surface area contributed by atoms with Crippen LogP contribution in [0.15, 0.2) is 18.2 Å². The second kappa shape index (κ2) is 7.07. The van der Waals surface area contributed by atoms with Gasteiger partial charge in [-0.25, -0.2) is 13.2 Å². The Morgan fingerprint density at radius 3 is 2.57 bits per heavy atom. The Morgan fingerprint density at radius 1 is 1.30 bits per heavy atom. The summed E-state index contributed by atoms with van der Waals surface area (Å²) < 4.78 is 27.8. The maximum absolute atomic E-state index is 12.0. The molecule has 1 aromatic carbocycles. The summed E-state index contributed by atoms with van der Waals surface area (Å²) in [7, 11) is -1.59. The second-order valence-electron chi connectivity index (χ2n) is 5.27. The summed E-state index contributed by atoms with van der Waals surface area (Å²) in [6.07, 6.45) is 0.394. The van der Waals surface area contributed by atoms with E-state index in [2.05, 4.69) is 0 Å². The number of hydrogen-bond donors (Lipinski definition) is 0. The minimum atomic E-state index is -3.09. The summed E-state index contributed by atoms with van der Waals surface area (Å²) in [5, 5.41) is 0.516. The summed E-state index contributed by atoms with van der Waals surface area (Å²) in [5.41, 5.74) is 0.179. The van der Waals surface area contributed by atoms with E-state index in [1.165, 1.54) is 30.1 Å². The van der Waals surface area contributed by atoms with E-state index in [0.717, 1.165) is 0 Å². The van der Waals surface area contributed by atoms with Crippen LogP contribution in [0.25, 0.3) is 0 Å². The van der Waals surface area contributed by atoms with Crippen molar-refractivity contribution >= 4 is 44.9 Å². The molecule has 0 spiro atoms. The van der Waals surface area contributed by atoms with Gasteiger partial charge in [0.25, 0.3) is 5.91 Å². The fraction of sp³-hybridized carbons (Fsp3) is 0.429. The molecule has 1 saturated heterocycles. The molecule has 0 aliphatic carbocycles. The molecule has 1 amide bonds. The molecule has 1 aliphatic heterocycles. The third kappa shape index (κ3) is 4.59. The third-order valence-corrected chi connectivity index (χ3v) is 6.12. The van der Waals surface area contributed by atoms with Gasteiger partial charge >= 0.3 is 5.97 Å². The van der Waals surface area contributed by atoms with Crippen molar-refractivity contribution in [2.24, 2.45) is 0 Å². The highest BCUT2D eigenvalue weighted by Gasteiger charge is 2.32. The maximum Gasteiger partial charge on any atom is 0.338 e. The first kappa shape index (κ1) is 18.0. The molecule has 0 unspecified atom stereocenters. The van der Waals surface area contributed by atoms with Crippen molar-refractivity contribution in [3.63, 3.8) is 0 Å². The Morgan fingerprint density at radius 2 is 2.00 bits per heavy atom.